The van der Waals surface area contributed by atoms with Gasteiger partial charge in [0, 0.05) is 24.5 Å². The molecule has 1 N–H and O–H groups in total. The van der Waals surface area contributed by atoms with Crippen molar-refractivity contribution in [1.82, 2.24) is 15.2 Å². The summed E-state index contributed by atoms with van der Waals surface area (Å²) in [5.74, 6) is 0.549. The van der Waals surface area contributed by atoms with Crippen molar-refractivity contribution in [2.45, 2.75) is 38.1 Å². The molecule has 4 nitrogen and oxygen atoms in total. The van der Waals surface area contributed by atoms with Crippen LogP contribution in [0.15, 0.2) is 18.5 Å². The van der Waals surface area contributed by atoms with Gasteiger partial charge in [-0.2, -0.15) is 0 Å². The first kappa shape index (κ1) is 16.2. The molecule has 2 rings (SSSR count). The molecule has 0 spiro atoms. The van der Waals surface area contributed by atoms with E-state index >= 15 is 0 Å². The summed E-state index contributed by atoms with van der Waals surface area (Å²) < 4.78 is 0. The van der Waals surface area contributed by atoms with Crippen LogP contribution in [0.1, 0.15) is 43.0 Å². The van der Waals surface area contributed by atoms with E-state index in [0.717, 1.165) is 12.8 Å². The number of amides is 1. The zero-order chi connectivity index (χ0) is 15.5. The highest BCUT2D eigenvalue weighted by molar-refractivity contribution is 6.33. The number of pyridine rings is 1. The van der Waals surface area contributed by atoms with Crippen molar-refractivity contribution in [3.8, 4) is 0 Å². The van der Waals surface area contributed by atoms with Gasteiger partial charge in [0.25, 0.3) is 5.91 Å². The van der Waals surface area contributed by atoms with Gasteiger partial charge in [-0.25, -0.2) is 0 Å². The van der Waals surface area contributed by atoms with E-state index in [1.54, 1.807) is 12.3 Å². The molecule has 0 bridgehead atoms. The lowest BCUT2D eigenvalue weighted by atomic mass is 9.75. The maximum Gasteiger partial charge on any atom is 0.254 e. The number of hydrogen-bond donors (Lipinski definition) is 1. The summed E-state index contributed by atoms with van der Waals surface area (Å²) >= 11 is 6.05. The zero-order valence-corrected chi connectivity index (χ0v) is 13.8. The molecule has 1 aromatic heterocycles. The minimum Gasteiger partial charge on any atom is -0.350 e. The summed E-state index contributed by atoms with van der Waals surface area (Å²) in [5, 5.41) is 3.49. The number of carbonyl (C=O) groups is 1. The summed E-state index contributed by atoms with van der Waals surface area (Å²) in [5.41, 5.74) is 0.485. The quantitative estimate of drug-likeness (QED) is 0.930. The fourth-order valence-corrected chi connectivity index (χ4v) is 3.43. The Bertz CT molecular complexity index is 506. The Morgan fingerprint density at radius 3 is 2.95 bits per heavy atom. The van der Waals surface area contributed by atoms with Gasteiger partial charge in [0.2, 0.25) is 0 Å². The maximum atomic E-state index is 12.3. The van der Waals surface area contributed by atoms with Crippen LogP contribution in [-0.4, -0.2) is 42.0 Å². The SMILES string of the molecule is CC1CCCC(CNC(=O)c2cnccc2Cl)(N(C)C)C1. The Labute approximate surface area is 131 Å². The molecule has 1 saturated carbocycles. The van der Waals surface area contributed by atoms with Crippen molar-refractivity contribution in [1.29, 1.82) is 0 Å². The van der Waals surface area contributed by atoms with Gasteiger partial charge in [-0.3, -0.25) is 9.78 Å². The molecule has 0 saturated heterocycles. The summed E-state index contributed by atoms with van der Waals surface area (Å²) in [6.45, 7) is 2.94. The fraction of sp³-hybridized carbons (Fsp3) is 0.625. The van der Waals surface area contributed by atoms with Gasteiger partial charge in [-0.05, 0) is 38.9 Å². The number of rotatable bonds is 4. The van der Waals surface area contributed by atoms with Crippen LogP contribution in [0.5, 0.6) is 0 Å². The van der Waals surface area contributed by atoms with Crippen LogP contribution in [0.4, 0.5) is 0 Å². The average molecular weight is 310 g/mol. The van der Waals surface area contributed by atoms with Crippen molar-refractivity contribution >= 4 is 17.5 Å². The summed E-state index contributed by atoms with van der Waals surface area (Å²) in [4.78, 5) is 18.5. The standard InChI is InChI=1S/C16H24ClN3O/c1-12-5-4-7-16(9-12,20(2)3)11-19-15(21)13-10-18-8-6-14(13)17/h6,8,10,12H,4-5,7,9,11H2,1-3H3,(H,19,21). The second kappa shape index (κ2) is 6.75. The van der Waals surface area contributed by atoms with Crippen LogP contribution in [0.2, 0.25) is 5.02 Å². The third-order valence-electron chi connectivity index (χ3n) is 4.61. The first-order valence-corrected chi connectivity index (χ1v) is 7.87. The average Bonchev–Trinajstić information content (AvgIpc) is 2.45. The van der Waals surface area contributed by atoms with Crippen LogP contribution in [-0.2, 0) is 0 Å². The van der Waals surface area contributed by atoms with E-state index in [1.165, 1.54) is 19.0 Å². The van der Waals surface area contributed by atoms with Gasteiger partial charge in [0.1, 0.15) is 0 Å². The number of nitrogens with zero attached hydrogens (tertiary/aromatic N) is 2. The molecule has 116 valence electrons. The third-order valence-corrected chi connectivity index (χ3v) is 4.94. The number of carbonyl (C=O) groups excluding carboxylic acids is 1. The lowest BCUT2D eigenvalue weighted by Gasteiger charge is -2.45. The van der Waals surface area contributed by atoms with Crippen molar-refractivity contribution < 1.29 is 4.79 Å². The lowest BCUT2D eigenvalue weighted by Crippen LogP contribution is -2.55. The Hall–Kier alpha value is -1.13. The zero-order valence-electron chi connectivity index (χ0n) is 13.0. The fourth-order valence-electron chi connectivity index (χ4n) is 3.24. The smallest absolute Gasteiger partial charge is 0.254 e. The van der Waals surface area contributed by atoms with Crippen molar-refractivity contribution in [3.05, 3.63) is 29.0 Å². The molecule has 5 heteroatoms. The number of nitrogens with one attached hydrogen (secondary N) is 1. The molecule has 1 aromatic rings. The number of likely N-dealkylation sites (N-methyl/N-ethyl adjacent to an activating group) is 1. The van der Waals surface area contributed by atoms with Gasteiger partial charge in [-0.1, -0.05) is 31.4 Å². The lowest BCUT2D eigenvalue weighted by molar-refractivity contribution is 0.0675. The highest BCUT2D eigenvalue weighted by Gasteiger charge is 2.37. The molecule has 1 aliphatic carbocycles. The van der Waals surface area contributed by atoms with Gasteiger partial charge < -0.3 is 10.2 Å². The van der Waals surface area contributed by atoms with E-state index in [4.69, 9.17) is 11.6 Å². The molecular weight excluding hydrogens is 286 g/mol. The van der Waals surface area contributed by atoms with E-state index in [0.29, 0.717) is 23.0 Å². The number of hydrogen-bond acceptors (Lipinski definition) is 3. The predicted octanol–water partition coefficient (Wildman–Crippen LogP) is 2.98. The van der Waals surface area contributed by atoms with Crippen LogP contribution in [0, 0.1) is 5.92 Å². The topological polar surface area (TPSA) is 45.2 Å². The van der Waals surface area contributed by atoms with Crippen LogP contribution < -0.4 is 5.32 Å². The van der Waals surface area contributed by atoms with Gasteiger partial charge in [0.05, 0.1) is 10.6 Å². The molecule has 1 heterocycles. The maximum absolute atomic E-state index is 12.3. The van der Waals surface area contributed by atoms with Gasteiger partial charge >= 0.3 is 0 Å². The van der Waals surface area contributed by atoms with Crippen molar-refractivity contribution in [3.63, 3.8) is 0 Å². The monoisotopic (exact) mass is 309 g/mol. The Morgan fingerprint density at radius 1 is 1.57 bits per heavy atom. The Balaban J connectivity index is 2.06. The van der Waals surface area contributed by atoms with E-state index in [2.05, 4.69) is 36.2 Å². The van der Waals surface area contributed by atoms with E-state index in [9.17, 15) is 4.79 Å². The molecular formula is C16H24ClN3O. The number of aromatic nitrogens is 1. The van der Waals surface area contributed by atoms with Crippen molar-refractivity contribution in [2.24, 2.45) is 5.92 Å². The first-order chi connectivity index (χ1) is 9.94. The molecule has 0 radical (unpaired) electrons. The Kier molecular flexibility index (Phi) is 5.22. The van der Waals surface area contributed by atoms with Gasteiger partial charge in [-0.15, -0.1) is 0 Å². The first-order valence-electron chi connectivity index (χ1n) is 7.50. The van der Waals surface area contributed by atoms with E-state index in [1.807, 2.05) is 0 Å². The van der Waals surface area contributed by atoms with E-state index in [-0.39, 0.29) is 11.4 Å². The highest BCUT2D eigenvalue weighted by Crippen LogP contribution is 2.35. The summed E-state index contributed by atoms with van der Waals surface area (Å²) in [7, 11) is 4.20. The molecule has 2 unspecified atom stereocenters. The molecule has 2 atom stereocenters. The Morgan fingerprint density at radius 2 is 2.33 bits per heavy atom. The third kappa shape index (κ3) is 3.74. The normalized spacial score (nSPS) is 25.9. The molecule has 0 aromatic carbocycles. The number of halogens is 1. The molecule has 1 aliphatic rings. The van der Waals surface area contributed by atoms with Gasteiger partial charge in [0.15, 0.2) is 0 Å². The minimum absolute atomic E-state index is 0.0437. The van der Waals surface area contributed by atoms with Crippen LogP contribution in [0.3, 0.4) is 0 Å². The van der Waals surface area contributed by atoms with E-state index < -0.39 is 0 Å². The summed E-state index contributed by atoms with van der Waals surface area (Å²) in [6.07, 6.45) is 7.82. The van der Waals surface area contributed by atoms with Crippen molar-refractivity contribution in [2.75, 3.05) is 20.6 Å². The second-order valence-electron chi connectivity index (χ2n) is 6.36. The van der Waals surface area contributed by atoms with Crippen LogP contribution >= 0.6 is 11.6 Å². The minimum atomic E-state index is -0.146. The molecule has 1 fully saturated rings. The second-order valence-corrected chi connectivity index (χ2v) is 6.77. The van der Waals surface area contributed by atoms with Crippen LogP contribution in [0.25, 0.3) is 0 Å². The predicted molar refractivity (Wildman–Crippen MR) is 85.6 cm³/mol. The summed E-state index contributed by atoms with van der Waals surface area (Å²) in [6, 6.07) is 1.64. The highest BCUT2D eigenvalue weighted by atomic mass is 35.5. The largest absolute Gasteiger partial charge is 0.350 e. The molecule has 0 aliphatic heterocycles. The molecule has 21 heavy (non-hydrogen) atoms. The molecule has 1 amide bonds.